The maximum Gasteiger partial charge on any atom is 0.458 e. The highest BCUT2D eigenvalue weighted by Gasteiger charge is 3.00. The van der Waals surface area contributed by atoms with Crippen LogP contribution < -0.4 is 0 Å². The minimum absolute atomic E-state index is 7.95. The van der Waals surface area contributed by atoms with Crippen molar-refractivity contribution in [2.24, 2.45) is 0 Å². The van der Waals surface area contributed by atoms with Gasteiger partial charge < -0.3 is 0 Å². The number of hydrogen-bond acceptors (Lipinski definition) is 2. The van der Waals surface area contributed by atoms with Gasteiger partial charge in [-0.05, 0) is 0 Å². The molecule has 29 heavy (non-hydrogen) atoms. The lowest BCUT2D eigenvalue weighted by Crippen LogP contribution is -2.80. The molecular formula is C8HF17O3S. The van der Waals surface area contributed by atoms with Crippen molar-refractivity contribution in [2.45, 2.75) is 47.0 Å². The Morgan fingerprint density at radius 1 is 0.448 bits per heavy atom. The van der Waals surface area contributed by atoms with E-state index in [1.807, 2.05) is 0 Å². The maximum absolute atomic E-state index is 13.8. The average molecular weight is 500 g/mol. The van der Waals surface area contributed by atoms with Gasteiger partial charge in [0, 0.05) is 0 Å². The minimum Gasteiger partial charge on any atom is -0.283 e. The third-order valence-corrected chi connectivity index (χ3v) is 4.35. The second kappa shape index (κ2) is 6.36. The lowest BCUT2D eigenvalue weighted by molar-refractivity contribution is -0.447. The zero-order valence-corrected chi connectivity index (χ0v) is 12.9. The molecule has 0 aromatic rings. The number of rotatable bonds is 5. The maximum atomic E-state index is 13.8. The van der Waals surface area contributed by atoms with Crippen LogP contribution in [0.15, 0.2) is 0 Å². The molecule has 0 saturated carbocycles. The molecule has 176 valence electrons. The smallest absolute Gasteiger partial charge is 0.283 e. The fourth-order valence-corrected chi connectivity index (χ4v) is 2.58. The van der Waals surface area contributed by atoms with Crippen molar-refractivity contribution < 1.29 is 87.6 Å². The lowest BCUT2D eigenvalue weighted by atomic mass is 9.83. The largest absolute Gasteiger partial charge is 0.458 e. The SMILES string of the molecule is O=S(=O)(O)C(F)(C(F)(F)C(F)(F)F)C(F)(F)C(F)(C(F)(F)F)C(F)(F)C(F)(F)F. The van der Waals surface area contributed by atoms with E-state index in [0.29, 0.717) is 0 Å². The van der Waals surface area contributed by atoms with Gasteiger partial charge in [-0.3, -0.25) is 4.55 Å². The van der Waals surface area contributed by atoms with Crippen LogP contribution in [0.2, 0.25) is 0 Å². The van der Waals surface area contributed by atoms with E-state index in [1.54, 1.807) is 0 Å². The van der Waals surface area contributed by atoms with Crippen molar-refractivity contribution in [3.63, 3.8) is 0 Å². The van der Waals surface area contributed by atoms with Gasteiger partial charge in [-0.2, -0.15) is 74.3 Å². The quantitative estimate of drug-likeness (QED) is 0.435. The number of alkyl halides is 17. The molecule has 0 radical (unpaired) electrons. The topological polar surface area (TPSA) is 54.4 Å². The Hall–Kier alpha value is -1.28. The van der Waals surface area contributed by atoms with Crippen molar-refractivity contribution >= 4 is 10.1 Å². The van der Waals surface area contributed by atoms with Crippen LogP contribution in [0, 0.1) is 0 Å². The number of halogens is 17. The van der Waals surface area contributed by atoms with E-state index in [4.69, 9.17) is 4.55 Å². The van der Waals surface area contributed by atoms with Crippen LogP contribution in [0.4, 0.5) is 74.6 Å². The summed E-state index contributed by atoms with van der Waals surface area (Å²) in [5.41, 5.74) is -9.11. The molecule has 0 aromatic carbocycles. The molecule has 0 aromatic heterocycles. The summed E-state index contributed by atoms with van der Waals surface area (Å²) >= 11 is 0. The molecule has 3 nitrogen and oxygen atoms in total. The molecule has 0 amide bonds. The summed E-state index contributed by atoms with van der Waals surface area (Å²) in [6, 6.07) is 0. The first-order valence-corrected chi connectivity index (χ1v) is 7.12. The summed E-state index contributed by atoms with van der Waals surface area (Å²) in [6.45, 7) is 0. The first-order valence-electron chi connectivity index (χ1n) is 5.68. The van der Waals surface area contributed by atoms with Gasteiger partial charge in [0.1, 0.15) is 0 Å². The molecule has 0 saturated heterocycles. The molecule has 2 unspecified atom stereocenters. The van der Waals surface area contributed by atoms with E-state index in [-0.39, 0.29) is 0 Å². The van der Waals surface area contributed by atoms with Crippen LogP contribution in [0.5, 0.6) is 0 Å². The van der Waals surface area contributed by atoms with E-state index in [1.165, 1.54) is 0 Å². The van der Waals surface area contributed by atoms with E-state index in [2.05, 4.69) is 0 Å². The summed E-state index contributed by atoms with van der Waals surface area (Å²) in [5, 5.41) is -8.76. The Labute approximate surface area is 146 Å². The Morgan fingerprint density at radius 3 is 0.897 bits per heavy atom. The third kappa shape index (κ3) is 3.26. The van der Waals surface area contributed by atoms with E-state index >= 15 is 0 Å². The zero-order valence-electron chi connectivity index (χ0n) is 12.1. The summed E-state index contributed by atoms with van der Waals surface area (Å²) in [7, 11) is -8.74. The number of hydrogen-bond donors (Lipinski definition) is 1. The molecule has 0 fully saturated rings. The van der Waals surface area contributed by atoms with Crippen molar-refractivity contribution in [3.8, 4) is 0 Å². The molecule has 0 rings (SSSR count). The van der Waals surface area contributed by atoms with Crippen LogP contribution in [0.25, 0.3) is 0 Å². The molecule has 21 heteroatoms. The molecule has 2 atom stereocenters. The van der Waals surface area contributed by atoms with Crippen molar-refractivity contribution in [1.29, 1.82) is 0 Å². The Balaban J connectivity index is 7.75. The molecular weight excluding hydrogens is 499 g/mol. The third-order valence-electron chi connectivity index (χ3n) is 3.13. The predicted octanol–water partition coefficient (Wildman–Crippen LogP) is 4.84. The van der Waals surface area contributed by atoms with Crippen molar-refractivity contribution in [2.75, 3.05) is 0 Å². The van der Waals surface area contributed by atoms with E-state index < -0.39 is 57.1 Å². The Kier molecular flexibility index (Phi) is 6.08. The summed E-state index contributed by atoms with van der Waals surface area (Å²) in [5.74, 6) is -26.5. The van der Waals surface area contributed by atoms with Crippen molar-refractivity contribution in [1.82, 2.24) is 0 Å². The molecule has 0 aliphatic rings. The second-order valence-corrected chi connectivity index (χ2v) is 6.46. The molecule has 0 heterocycles. The van der Waals surface area contributed by atoms with Gasteiger partial charge in [0.25, 0.3) is 0 Å². The molecule has 1 N–H and O–H groups in total. The van der Waals surface area contributed by atoms with Crippen LogP contribution in [-0.4, -0.2) is 59.9 Å². The Bertz CT molecular complexity index is 729. The highest BCUT2D eigenvalue weighted by Crippen LogP contribution is 2.66. The van der Waals surface area contributed by atoms with Gasteiger partial charge in [0.05, 0.1) is 0 Å². The van der Waals surface area contributed by atoms with Gasteiger partial charge in [0.2, 0.25) is 0 Å². The molecule has 0 aliphatic heterocycles. The minimum atomic E-state index is -9.18. The summed E-state index contributed by atoms with van der Waals surface area (Å²) in [4.78, 5) is 0. The van der Waals surface area contributed by atoms with Gasteiger partial charge >= 0.3 is 57.1 Å². The van der Waals surface area contributed by atoms with Crippen LogP contribution in [0.3, 0.4) is 0 Å². The predicted molar refractivity (Wildman–Crippen MR) is 52.2 cm³/mol. The average Bonchev–Trinajstić information content (AvgIpc) is 2.39. The van der Waals surface area contributed by atoms with E-state index in [0.717, 1.165) is 0 Å². The van der Waals surface area contributed by atoms with Crippen LogP contribution in [0.1, 0.15) is 0 Å². The fraction of sp³-hybridized carbons (Fsp3) is 1.00. The standard InChI is InChI=1S/C8HF17O3S/c9-1(6(17,18)19,3(12,13)7(20,21)22)2(10,11)5(16,29(26,27)28)4(14,15)8(23,24)25/h(H,26,27,28). The highest BCUT2D eigenvalue weighted by molar-refractivity contribution is 7.87. The normalized spacial score (nSPS) is 20.2. The van der Waals surface area contributed by atoms with E-state index in [9.17, 15) is 83.1 Å². The summed E-state index contributed by atoms with van der Waals surface area (Å²) < 4.78 is 245. The Morgan fingerprint density at radius 2 is 0.724 bits per heavy atom. The molecule has 0 bridgehead atoms. The monoisotopic (exact) mass is 500 g/mol. The van der Waals surface area contributed by atoms with Gasteiger partial charge in [-0.25, -0.2) is 8.78 Å². The van der Waals surface area contributed by atoms with Crippen LogP contribution in [-0.2, 0) is 10.1 Å². The molecule has 0 aliphatic carbocycles. The first-order chi connectivity index (χ1) is 12.0. The second-order valence-electron chi connectivity index (χ2n) is 4.95. The van der Waals surface area contributed by atoms with Gasteiger partial charge in [-0.1, -0.05) is 0 Å². The van der Waals surface area contributed by atoms with Crippen LogP contribution >= 0.6 is 0 Å². The summed E-state index contributed by atoms with van der Waals surface area (Å²) in [6.07, 6.45) is -24.8. The highest BCUT2D eigenvalue weighted by atomic mass is 32.2. The lowest BCUT2D eigenvalue weighted by Gasteiger charge is -2.46. The molecule has 0 spiro atoms. The fourth-order valence-electron chi connectivity index (χ4n) is 1.67. The van der Waals surface area contributed by atoms with Gasteiger partial charge in [0.15, 0.2) is 0 Å². The zero-order chi connectivity index (χ0) is 24.5. The van der Waals surface area contributed by atoms with Gasteiger partial charge in [-0.15, -0.1) is 0 Å². The van der Waals surface area contributed by atoms with Crippen molar-refractivity contribution in [3.05, 3.63) is 0 Å². The first kappa shape index (κ1) is 27.7.